The molecule has 0 bridgehead atoms. The van der Waals surface area contributed by atoms with Crippen LogP contribution in [0.4, 0.5) is 0 Å². The lowest BCUT2D eigenvalue weighted by Gasteiger charge is -2.30. The maximum absolute atomic E-state index is 12.5. The van der Waals surface area contributed by atoms with Crippen LogP contribution in [-0.2, 0) is 18.6 Å². The molecule has 4 atom stereocenters. The maximum Gasteiger partial charge on any atom is 0.330 e. The van der Waals surface area contributed by atoms with E-state index >= 15 is 0 Å². The number of benzene rings is 1. The summed E-state index contributed by atoms with van der Waals surface area (Å²) in [5, 5.41) is 16.1. The Morgan fingerprint density at radius 3 is 2.93 bits per heavy atom. The van der Waals surface area contributed by atoms with E-state index in [-0.39, 0.29) is 30.7 Å². The van der Waals surface area contributed by atoms with E-state index in [0.29, 0.717) is 12.4 Å². The van der Waals surface area contributed by atoms with Crippen molar-refractivity contribution in [3.8, 4) is 17.6 Å². The first-order valence-corrected chi connectivity index (χ1v) is 13.5. The Hall–Kier alpha value is -3.97. The summed E-state index contributed by atoms with van der Waals surface area (Å²) < 4.78 is 32.0. The largest absolute Gasteiger partial charge is 0.790 e. The van der Waals surface area contributed by atoms with E-state index < -0.39 is 56.2 Å². The number of rotatable bonds is 12. The number of hydrogen-bond acceptors (Lipinski definition) is 12. The molecule has 0 radical (unpaired) electrons. The van der Waals surface area contributed by atoms with Crippen molar-refractivity contribution >= 4 is 13.7 Å². The number of phosphoric ester groups is 1. The second-order valence-corrected chi connectivity index (χ2v) is 9.48. The second kappa shape index (κ2) is 14.6. The number of aromatic amines is 1. The smallest absolute Gasteiger partial charge is 0.330 e. The standard InChI is InChI=1S/C23H27N6O11P/c1-2-37-19(27-28-24)13-38-16-7-3-5-14(9-16)21(31)25-8-4-6-15-11-29(23(33)26-22(15)32)20-10-17(30)18(40-20)12-39-41(34,35)36/h3,5,7,9,11,17-20,30H,2,8,10,12-13H2,1H3,(H,25,31)(H,26,32,33)(H2,34,35,36)/p-2. The van der Waals surface area contributed by atoms with Crippen molar-refractivity contribution in [1.82, 2.24) is 14.9 Å². The second-order valence-electron chi connectivity index (χ2n) is 8.32. The van der Waals surface area contributed by atoms with Crippen LogP contribution in [0, 0.1) is 11.8 Å². The fraction of sp³-hybridized carbons (Fsp3) is 0.435. The Labute approximate surface area is 231 Å². The molecule has 2 heterocycles. The average molecular weight is 592 g/mol. The molecule has 41 heavy (non-hydrogen) atoms. The van der Waals surface area contributed by atoms with Crippen LogP contribution < -0.4 is 31.1 Å². The SMILES string of the molecule is CCOC(COc1cccc(C(=O)NCC#Cc2cn(C3CC(O)C(COP(=O)([O-])[O-])O3)c(=O)[nH]c2=O)c1)N=[N+]=[N-]. The first-order valence-electron chi connectivity index (χ1n) is 12.0. The summed E-state index contributed by atoms with van der Waals surface area (Å²) in [6, 6.07) is 6.18. The van der Waals surface area contributed by atoms with Crippen LogP contribution in [0.1, 0.15) is 35.5 Å². The predicted molar refractivity (Wildman–Crippen MR) is 135 cm³/mol. The number of phosphoric acid groups is 1. The van der Waals surface area contributed by atoms with Gasteiger partial charge in [0.1, 0.15) is 30.3 Å². The third kappa shape index (κ3) is 9.57. The molecule has 3 rings (SSSR count). The molecular weight excluding hydrogens is 567 g/mol. The van der Waals surface area contributed by atoms with Crippen LogP contribution in [0.5, 0.6) is 5.75 Å². The van der Waals surface area contributed by atoms with Gasteiger partial charge in [-0.1, -0.05) is 23.0 Å². The van der Waals surface area contributed by atoms with Crippen LogP contribution in [0.3, 0.4) is 0 Å². The molecule has 1 amide bonds. The molecule has 4 unspecified atom stereocenters. The monoisotopic (exact) mass is 592 g/mol. The number of carbonyl (C=O) groups is 1. The summed E-state index contributed by atoms with van der Waals surface area (Å²) in [5.41, 5.74) is 6.99. The molecule has 2 aromatic rings. The number of H-pyrrole nitrogens is 1. The summed E-state index contributed by atoms with van der Waals surface area (Å²) in [7, 11) is -5.30. The molecule has 1 aliphatic heterocycles. The van der Waals surface area contributed by atoms with Crippen LogP contribution in [0.25, 0.3) is 10.4 Å². The maximum atomic E-state index is 12.5. The summed E-state index contributed by atoms with van der Waals surface area (Å²) in [6.07, 6.45) is -3.47. The number of aliphatic hydroxyl groups excluding tert-OH is 1. The summed E-state index contributed by atoms with van der Waals surface area (Å²) in [4.78, 5) is 63.1. The normalized spacial score (nSPS) is 19.0. The van der Waals surface area contributed by atoms with E-state index in [1.54, 1.807) is 19.1 Å². The van der Waals surface area contributed by atoms with E-state index in [1.165, 1.54) is 12.1 Å². The number of nitrogens with zero attached hydrogens (tertiary/aromatic N) is 4. The summed E-state index contributed by atoms with van der Waals surface area (Å²) >= 11 is 0. The molecule has 1 aromatic carbocycles. The lowest BCUT2D eigenvalue weighted by atomic mass is 10.2. The molecule has 3 N–H and O–H groups in total. The van der Waals surface area contributed by atoms with Gasteiger partial charge in [0.2, 0.25) is 0 Å². The van der Waals surface area contributed by atoms with E-state index in [0.717, 1.165) is 10.8 Å². The van der Waals surface area contributed by atoms with Gasteiger partial charge in [-0.05, 0) is 30.7 Å². The number of carbonyl (C=O) groups excluding carboxylic acids is 1. The predicted octanol–water partition coefficient (Wildman–Crippen LogP) is -1.14. The van der Waals surface area contributed by atoms with Gasteiger partial charge >= 0.3 is 5.69 Å². The van der Waals surface area contributed by atoms with Gasteiger partial charge in [0.25, 0.3) is 11.5 Å². The number of nitrogens with one attached hydrogen (secondary N) is 2. The Morgan fingerprint density at radius 2 is 2.22 bits per heavy atom. The van der Waals surface area contributed by atoms with Crippen molar-refractivity contribution < 1.29 is 43.0 Å². The quantitative estimate of drug-likeness (QED) is 0.0873. The molecule has 1 fully saturated rings. The molecule has 0 saturated carbocycles. The minimum atomic E-state index is -5.30. The molecule has 17 nitrogen and oxygen atoms in total. The molecule has 1 aromatic heterocycles. The van der Waals surface area contributed by atoms with Crippen molar-refractivity contribution in [3.63, 3.8) is 0 Å². The Bertz CT molecular complexity index is 1500. The van der Waals surface area contributed by atoms with Crippen LogP contribution in [0.2, 0.25) is 0 Å². The third-order valence-corrected chi connectivity index (χ3v) is 5.93. The number of ether oxygens (including phenoxy) is 3. The molecular formula is C23H25N6O11P-2. The first kappa shape index (κ1) is 31.6. The highest BCUT2D eigenvalue weighted by Gasteiger charge is 2.36. The number of aliphatic hydroxyl groups is 1. The van der Waals surface area contributed by atoms with Crippen molar-refractivity contribution in [2.45, 2.75) is 38.0 Å². The van der Waals surface area contributed by atoms with Gasteiger partial charge in [-0.25, -0.2) is 4.79 Å². The molecule has 18 heteroatoms. The zero-order valence-corrected chi connectivity index (χ0v) is 22.4. The lowest BCUT2D eigenvalue weighted by molar-refractivity contribution is -0.343. The molecule has 1 aliphatic rings. The minimum absolute atomic E-state index is 0.0627. The van der Waals surface area contributed by atoms with Gasteiger partial charge in [0, 0.05) is 29.7 Å². The average Bonchev–Trinajstić information content (AvgIpc) is 3.29. The Kier molecular flexibility index (Phi) is 11.2. The number of hydrogen-bond donors (Lipinski definition) is 3. The minimum Gasteiger partial charge on any atom is -0.790 e. The third-order valence-electron chi connectivity index (χ3n) is 5.47. The zero-order chi connectivity index (χ0) is 30.0. The summed E-state index contributed by atoms with van der Waals surface area (Å²) in [5.74, 6) is 4.97. The van der Waals surface area contributed by atoms with Crippen LogP contribution in [-0.4, -0.2) is 65.4 Å². The number of amides is 1. The molecule has 0 spiro atoms. The van der Waals surface area contributed by atoms with E-state index in [1.807, 2.05) is 0 Å². The fourth-order valence-corrected chi connectivity index (χ4v) is 3.94. The Balaban J connectivity index is 1.61. The molecule has 1 saturated heterocycles. The molecule has 0 aliphatic carbocycles. The van der Waals surface area contributed by atoms with Gasteiger partial charge in [0.05, 0.1) is 27.1 Å². The van der Waals surface area contributed by atoms with Gasteiger partial charge in [0.15, 0.2) is 6.23 Å². The van der Waals surface area contributed by atoms with E-state index in [4.69, 9.17) is 19.7 Å². The number of azide groups is 1. The van der Waals surface area contributed by atoms with Crippen molar-refractivity contribution in [2.75, 3.05) is 26.4 Å². The zero-order valence-electron chi connectivity index (χ0n) is 21.5. The van der Waals surface area contributed by atoms with Crippen LogP contribution in [0.15, 0.2) is 45.2 Å². The number of aromatic nitrogens is 2. The summed E-state index contributed by atoms with van der Waals surface area (Å²) in [6.45, 7) is 1.07. The molecule has 220 valence electrons. The lowest BCUT2D eigenvalue weighted by Crippen LogP contribution is -2.34. The van der Waals surface area contributed by atoms with E-state index in [9.17, 15) is 33.8 Å². The highest BCUT2D eigenvalue weighted by molar-refractivity contribution is 7.43. The van der Waals surface area contributed by atoms with Crippen molar-refractivity contribution in [3.05, 3.63) is 72.9 Å². The van der Waals surface area contributed by atoms with Crippen molar-refractivity contribution in [1.29, 1.82) is 0 Å². The Morgan fingerprint density at radius 1 is 1.44 bits per heavy atom. The first-order chi connectivity index (χ1) is 19.5. The van der Waals surface area contributed by atoms with Crippen LogP contribution >= 0.6 is 7.82 Å². The van der Waals surface area contributed by atoms with Gasteiger partial charge in [-0.3, -0.25) is 19.1 Å². The topological polar surface area (TPSA) is 253 Å². The van der Waals surface area contributed by atoms with Crippen molar-refractivity contribution in [2.24, 2.45) is 5.11 Å². The highest BCUT2D eigenvalue weighted by atomic mass is 31.2. The fourth-order valence-electron chi connectivity index (χ4n) is 3.61. The van der Waals surface area contributed by atoms with E-state index in [2.05, 4.69) is 36.7 Å². The van der Waals surface area contributed by atoms with Gasteiger partial charge in [-0.2, -0.15) is 0 Å². The highest BCUT2D eigenvalue weighted by Crippen LogP contribution is 2.31. The van der Waals surface area contributed by atoms with Gasteiger partial charge < -0.3 is 43.5 Å². The van der Waals surface area contributed by atoms with Gasteiger partial charge in [-0.15, -0.1) is 0 Å².